The Morgan fingerprint density at radius 1 is 1.29 bits per heavy atom. The summed E-state index contributed by atoms with van der Waals surface area (Å²) in [5.74, 6) is -1.67. The minimum atomic E-state index is -4.50. The second-order valence-electron chi connectivity index (χ2n) is 4.68. The third-order valence-corrected chi connectivity index (χ3v) is 3.33. The second-order valence-corrected chi connectivity index (χ2v) is 5.59. The minimum Gasteiger partial charge on any atom is -0.468 e. The molecule has 0 aliphatic rings. The first-order chi connectivity index (χ1) is 11.3. The number of carbonyl (C=O) groups is 1. The molecule has 1 aromatic carbocycles. The van der Waals surface area contributed by atoms with E-state index in [1.807, 2.05) is 0 Å². The Bertz CT molecular complexity index is 738. The first-order valence-electron chi connectivity index (χ1n) is 6.63. The summed E-state index contributed by atoms with van der Waals surface area (Å²) < 4.78 is 55.4. The second kappa shape index (κ2) is 7.61. The zero-order chi connectivity index (χ0) is 17.7. The van der Waals surface area contributed by atoms with Crippen molar-refractivity contribution in [2.45, 2.75) is 12.7 Å². The highest BCUT2D eigenvalue weighted by atomic mass is 79.9. The molecule has 1 aromatic heterocycles. The number of carbonyl (C=O) groups excluding carboxylic acids is 1. The Hall–Kier alpha value is -2.16. The summed E-state index contributed by atoms with van der Waals surface area (Å²) in [5.41, 5.74) is 0.0523. The average Bonchev–Trinajstić information content (AvgIpc) is 2.53. The van der Waals surface area contributed by atoms with Crippen molar-refractivity contribution in [1.82, 2.24) is 10.3 Å². The van der Waals surface area contributed by atoms with Crippen LogP contribution >= 0.6 is 15.9 Å². The molecule has 4 nitrogen and oxygen atoms in total. The van der Waals surface area contributed by atoms with Crippen LogP contribution in [0.15, 0.2) is 41.0 Å². The molecule has 0 atom stereocenters. The van der Waals surface area contributed by atoms with Gasteiger partial charge in [-0.3, -0.25) is 4.79 Å². The summed E-state index contributed by atoms with van der Waals surface area (Å²) >= 11 is 3.13. The quantitative estimate of drug-likeness (QED) is 0.767. The number of benzene rings is 1. The number of rotatable bonds is 5. The van der Waals surface area contributed by atoms with Gasteiger partial charge in [0.2, 0.25) is 5.88 Å². The Balaban J connectivity index is 2.06. The van der Waals surface area contributed by atoms with Gasteiger partial charge in [-0.25, -0.2) is 9.37 Å². The van der Waals surface area contributed by atoms with Crippen LogP contribution in [-0.4, -0.2) is 23.7 Å². The van der Waals surface area contributed by atoms with Crippen LogP contribution in [0.4, 0.5) is 17.6 Å². The molecular weight excluding hydrogens is 396 g/mol. The van der Waals surface area contributed by atoms with Gasteiger partial charge in [0.15, 0.2) is 6.61 Å². The standard InChI is InChI=1S/C15H11BrF4N2O2/c16-10-3-4-12(17)11(6-10)13(23)22-7-9-2-1-5-21-14(9)24-8-15(18,19)20/h1-6H,7-8H2,(H,22,23). The molecule has 9 heteroatoms. The zero-order valence-corrected chi connectivity index (χ0v) is 13.6. The lowest BCUT2D eigenvalue weighted by molar-refractivity contribution is -0.154. The lowest BCUT2D eigenvalue weighted by Gasteiger charge is -2.12. The molecule has 0 radical (unpaired) electrons. The number of nitrogens with zero attached hydrogens (tertiary/aromatic N) is 1. The van der Waals surface area contributed by atoms with E-state index in [1.165, 1.54) is 30.5 Å². The van der Waals surface area contributed by atoms with E-state index in [-0.39, 0.29) is 23.6 Å². The van der Waals surface area contributed by atoms with Crippen molar-refractivity contribution in [1.29, 1.82) is 0 Å². The molecule has 0 aliphatic carbocycles. The van der Waals surface area contributed by atoms with Gasteiger partial charge < -0.3 is 10.1 Å². The van der Waals surface area contributed by atoms with Crippen LogP contribution in [0.1, 0.15) is 15.9 Å². The molecule has 1 N–H and O–H groups in total. The maximum absolute atomic E-state index is 13.6. The Kier molecular flexibility index (Phi) is 5.76. The molecule has 0 aliphatic heterocycles. The number of amides is 1. The van der Waals surface area contributed by atoms with Crippen molar-refractivity contribution in [3.63, 3.8) is 0 Å². The van der Waals surface area contributed by atoms with Gasteiger partial charge in [-0.15, -0.1) is 0 Å². The van der Waals surface area contributed by atoms with Crippen molar-refractivity contribution >= 4 is 21.8 Å². The molecule has 0 bridgehead atoms. The molecule has 2 aromatic rings. The van der Waals surface area contributed by atoms with E-state index in [1.54, 1.807) is 0 Å². The van der Waals surface area contributed by atoms with Crippen molar-refractivity contribution in [3.05, 3.63) is 57.9 Å². The molecule has 0 fully saturated rings. The molecule has 1 amide bonds. The third-order valence-electron chi connectivity index (χ3n) is 2.83. The number of ether oxygens (including phenoxy) is 1. The normalized spacial score (nSPS) is 11.2. The number of nitrogens with one attached hydrogen (secondary N) is 1. The first-order valence-corrected chi connectivity index (χ1v) is 7.42. The van der Waals surface area contributed by atoms with Crippen LogP contribution in [-0.2, 0) is 6.54 Å². The van der Waals surface area contributed by atoms with Crippen molar-refractivity contribution in [3.8, 4) is 5.88 Å². The fraction of sp³-hybridized carbons (Fsp3) is 0.200. The highest BCUT2D eigenvalue weighted by Gasteiger charge is 2.29. The molecule has 128 valence electrons. The summed E-state index contributed by atoms with van der Waals surface area (Å²) in [6, 6.07) is 6.81. The van der Waals surface area contributed by atoms with E-state index in [0.29, 0.717) is 4.47 Å². The number of hydrogen-bond donors (Lipinski definition) is 1. The van der Waals surface area contributed by atoms with Crippen LogP contribution in [0.3, 0.4) is 0 Å². The smallest absolute Gasteiger partial charge is 0.422 e. The van der Waals surface area contributed by atoms with Crippen molar-refractivity contribution in [2.24, 2.45) is 0 Å². The summed E-state index contributed by atoms with van der Waals surface area (Å²) in [6.07, 6.45) is -3.23. The fourth-order valence-electron chi connectivity index (χ4n) is 1.78. The van der Waals surface area contributed by atoms with Crippen LogP contribution in [0.25, 0.3) is 0 Å². The monoisotopic (exact) mass is 406 g/mol. The van der Waals surface area contributed by atoms with Gasteiger partial charge in [0.05, 0.1) is 5.56 Å². The van der Waals surface area contributed by atoms with Crippen LogP contribution < -0.4 is 10.1 Å². The van der Waals surface area contributed by atoms with Gasteiger partial charge in [-0.1, -0.05) is 22.0 Å². The van der Waals surface area contributed by atoms with Gasteiger partial charge in [0.1, 0.15) is 5.82 Å². The highest BCUT2D eigenvalue weighted by molar-refractivity contribution is 9.10. The van der Waals surface area contributed by atoms with E-state index in [9.17, 15) is 22.4 Å². The van der Waals surface area contributed by atoms with Crippen molar-refractivity contribution < 1.29 is 27.1 Å². The number of aromatic nitrogens is 1. The maximum atomic E-state index is 13.6. The summed E-state index contributed by atoms with van der Waals surface area (Å²) in [7, 11) is 0. The van der Waals surface area contributed by atoms with E-state index in [0.717, 1.165) is 6.07 Å². The Morgan fingerprint density at radius 3 is 2.75 bits per heavy atom. The molecule has 2 rings (SSSR count). The molecule has 0 saturated carbocycles. The zero-order valence-electron chi connectivity index (χ0n) is 12.0. The first kappa shape index (κ1) is 18.2. The average molecular weight is 407 g/mol. The SMILES string of the molecule is O=C(NCc1cccnc1OCC(F)(F)F)c1cc(Br)ccc1F. The van der Waals surface area contributed by atoms with E-state index >= 15 is 0 Å². The van der Waals surface area contributed by atoms with Crippen LogP contribution in [0.5, 0.6) is 5.88 Å². The van der Waals surface area contributed by atoms with Gasteiger partial charge in [-0.2, -0.15) is 13.2 Å². The van der Waals surface area contributed by atoms with Gasteiger partial charge >= 0.3 is 6.18 Å². The fourth-order valence-corrected chi connectivity index (χ4v) is 2.14. The molecule has 0 saturated heterocycles. The maximum Gasteiger partial charge on any atom is 0.422 e. The topological polar surface area (TPSA) is 51.2 Å². The van der Waals surface area contributed by atoms with E-state index < -0.39 is 24.5 Å². The van der Waals surface area contributed by atoms with Crippen LogP contribution in [0, 0.1) is 5.82 Å². The Morgan fingerprint density at radius 2 is 2.04 bits per heavy atom. The Labute approximate surface area is 143 Å². The summed E-state index contributed by atoms with van der Waals surface area (Å²) in [4.78, 5) is 15.7. The summed E-state index contributed by atoms with van der Waals surface area (Å²) in [5, 5.41) is 2.42. The molecule has 0 unspecified atom stereocenters. The lowest BCUT2D eigenvalue weighted by atomic mass is 10.2. The molecule has 24 heavy (non-hydrogen) atoms. The number of pyridine rings is 1. The number of halogens is 5. The minimum absolute atomic E-state index is 0.161. The van der Waals surface area contributed by atoms with E-state index in [2.05, 4.69) is 31.0 Å². The van der Waals surface area contributed by atoms with Gasteiger partial charge in [0.25, 0.3) is 5.91 Å². The third kappa shape index (κ3) is 5.19. The van der Waals surface area contributed by atoms with Crippen LogP contribution in [0.2, 0.25) is 0 Å². The predicted octanol–water partition coefficient (Wildman–Crippen LogP) is 3.85. The predicted molar refractivity (Wildman–Crippen MR) is 81.1 cm³/mol. The largest absolute Gasteiger partial charge is 0.468 e. The van der Waals surface area contributed by atoms with Crippen molar-refractivity contribution in [2.75, 3.05) is 6.61 Å². The van der Waals surface area contributed by atoms with Gasteiger partial charge in [-0.05, 0) is 24.3 Å². The molecule has 1 heterocycles. The molecule has 0 spiro atoms. The van der Waals surface area contributed by atoms with Gasteiger partial charge in [0, 0.05) is 22.8 Å². The van der Waals surface area contributed by atoms with E-state index in [4.69, 9.17) is 0 Å². The summed E-state index contributed by atoms with van der Waals surface area (Å²) in [6.45, 7) is -1.66. The lowest BCUT2D eigenvalue weighted by Crippen LogP contribution is -2.25. The highest BCUT2D eigenvalue weighted by Crippen LogP contribution is 2.20. The number of hydrogen-bond acceptors (Lipinski definition) is 3. The number of alkyl halides is 3. The molecular formula is C15H11BrF4N2O2.